The molecule has 7 nitrogen and oxygen atoms in total. The van der Waals surface area contributed by atoms with Crippen LogP contribution in [0.3, 0.4) is 0 Å². The maximum atomic E-state index is 12.5. The Morgan fingerprint density at radius 3 is 2.24 bits per heavy atom. The average molecular weight is 359 g/mol. The highest BCUT2D eigenvalue weighted by Gasteiger charge is 2.21. The van der Waals surface area contributed by atoms with Gasteiger partial charge in [-0.3, -0.25) is 9.59 Å². The van der Waals surface area contributed by atoms with Gasteiger partial charge in [-0.05, 0) is 23.8 Å². The number of guanidine groups is 1. The third-order valence-electron chi connectivity index (χ3n) is 3.37. The monoisotopic (exact) mass is 359 g/mol. The van der Waals surface area contributed by atoms with Crippen molar-refractivity contribution in [3.05, 3.63) is 65.2 Å². The SMILES string of the molecule is CS(=O)(=O)c1cc(C(=O)N=C(N)N)ccc1C(=O)Cc1ccccc1. The van der Waals surface area contributed by atoms with Crippen molar-refractivity contribution in [2.45, 2.75) is 11.3 Å². The van der Waals surface area contributed by atoms with Crippen LogP contribution in [0, 0.1) is 0 Å². The van der Waals surface area contributed by atoms with Crippen molar-refractivity contribution >= 4 is 27.5 Å². The third kappa shape index (κ3) is 4.74. The van der Waals surface area contributed by atoms with Gasteiger partial charge in [0.15, 0.2) is 21.6 Å². The Morgan fingerprint density at radius 1 is 1.04 bits per heavy atom. The second-order valence-electron chi connectivity index (χ2n) is 5.41. The normalized spacial score (nSPS) is 10.9. The van der Waals surface area contributed by atoms with E-state index >= 15 is 0 Å². The summed E-state index contributed by atoms with van der Waals surface area (Å²) in [7, 11) is -3.74. The fraction of sp³-hybridized carbons (Fsp3) is 0.118. The van der Waals surface area contributed by atoms with Crippen molar-refractivity contribution in [3.8, 4) is 0 Å². The summed E-state index contributed by atoms with van der Waals surface area (Å²) in [5, 5.41) is 0. The number of benzene rings is 2. The second kappa shape index (κ2) is 7.27. The quantitative estimate of drug-likeness (QED) is 0.463. The van der Waals surface area contributed by atoms with E-state index in [-0.39, 0.29) is 28.2 Å². The number of aliphatic imine (C=N–C) groups is 1. The van der Waals surface area contributed by atoms with Gasteiger partial charge in [0, 0.05) is 23.8 Å². The van der Waals surface area contributed by atoms with Crippen molar-refractivity contribution < 1.29 is 18.0 Å². The molecule has 0 fully saturated rings. The largest absolute Gasteiger partial charge is 0.370 e. The lowest BCUT2D eigenvalue weighted by molar-refractivity contribution is 0.0982. The van der Waals surface area contributed by atoms with Crippen molar-refractivity contribution in [3.63, 3.8) is 0 Å². The van der Waals surface area contributed by atoms with E-state index in [0.29, 0.717) is 0 Å². The Balaban J connectivity index is 2.46. The fourth-order valence-electron chi connectivity index (χ4n) is 2.25. The van der Waals surface area contributed by atoms with Crippen LogP contribution in [0.5, 0.6) is 0 Å². The van der Waals surface area contributed by atoms with Crippen LogP contribution in [-0.4, -0.2) is 32.3 Å². The van der Waals surface area contributed by atoms with Gasteiger partial charge in [0.1, 0.15) is 0 Å². The summed E-state index contributed by atoms with van der Waals surface area (Å²) in [5.41, 5.74) is 11.1. The van der Waals surface area contributed by atoms with Gasteiger partial charge in [-0.1, -0.05) is 30.3 Å². The first-order valence-corrected chi connectivity index (χ1v) is 9.13. The number of amides is 1. The number of hydrogen-bond acceptors (Lipinski definition) is 4. The molecule has 0 saturated carbocycles. The lowest BCUT2D eigenvalue weighted by atomic mass is 10.0. The number of carbonyl (C=O) groups is 2. The molecule has 130 valence electrons. The molecule has 0 aliphatic carbocycles. The van der Waals surface area contributed by atoms with Crippen molar-refractivity contribution in [2.75, 3.05) is 6.26 Å². The number of nitrogens with zero attached hydrogens (tertiary/aromatic N) is 1. The number of rotatable bonds is 5. The van der Waals surface area contributed by atoms with Gasteiger partial charge in [0.05, 0.1) is 4.90 Å². The minimum Gasteiger partial charge on any atom is -0.370 e. The summed E-state index contributed by atoms with van der Waals surface area (Å²) >= 11 is 0. The molecule has 8 heteroatoms. The molecule has 0 bridgehead atoms. The summed E-state index contributed by atoms with van der Waals surface area (Å²) in [5.74, 6) is -1.59. The van der Waals surface area contributed by atoms with E-state index in [2.05, 4.69) is 4.99 Å². The Kier molecular flexibility index (Phi) is 5.33. The first-order chi connectivity index (χ1) is 11.7. The molecule has 0 atom stereocenters. The second-order valence-corrected chi connectivity index (χ2v) is 7.39. The number of ketones is 1. The molecule has 0 unspecified atom stereocenters. The van der Waals surface area contributed by atoms with Crippen LogP contribution >= 0.6 is 0 Å². The minimum absolute atomic E-state index is 0.0209. The molecular formula is C17H17N3O4S. The fourth-order valence-corrected chi connectivity index (χ4v) is 3.17. The zero-order valence-corrected chi connectivity index (χ0v) is 14.3. The van der Waals surface area contributed by atoms with Crippen LogP contribution in [0.25, 0.3) is 0 Å². The van der Waals surface area contributed by atoms with E-state index in [1.165, 1.54) is 12.1 Å². The minimum atomic E-state index is -3.74. The molecule has 2 aromatic carbocycles. The van der Waals surface area contributed by atoms with E-state index in [1.807, 2.05) is 6.07 Å². The molecule has 0 aliphatic heterocycles. The molecule has 2 rings (SSSR count). The first-order valence-electron chi connectivity index (χ1n) is 7.23. The van der Waals surface area contributed by atoms with Crippen LogP contribution in [0.4, 0.5) is 0 Å². The number of sulfone groups is 1. The Labute approximate surface area is 145 Å². The van der Waals surface area contributed by atoms with Gasteiger partial charge >= 0.3 is 0 Å². The third-order valence-corrected chi connectivity index (χ3v) is 4.50. The highest BCUT2D eigenvalue weighted by atomic mass is 32.2. The van der Waals surface area contributed by atoms with E-state index in [9.17, 15) is 18.0 Å². The molecule has 25 heavy (non-hydrogen) atoms. The van der Waals surface area contributed by atoms with Gasteiger partial charge in [-0.25, -0.2) is 8.42 Å². The van der Waals surface area contributed by atoms with E-state index < -0.39 is 21.7 Å². The molecule has 0 spiro atoms. The highest BCUT2D eigenvalue weighted by molar-refractivity contribution is 7.90. The molecule has 4 N–H and O–H groups in total. The van der Waals surface area contributed by atoms with Crippen LogP contribution < -0.4 is 11.5 Å². The summed E-state index contributed by atoms with van der Waals surface area (Å²) in [6.07, 6.45) is 1.01. The topological polar surface area (TPSA) is 133 Å². The lowest BCUT2D eigenvalue weighted by Crippen LogP contribution is -2.24. The van der Waals surface area contributed by atoms with Crippen LogP contribution in [-0.2, 0) is 16.3 Å². The summed E-state index contributed by atoms with van der Waals surface area (Å²) < 4.78 is 24.1. The standard InChI is InChI=1S/C17H17N3O4S/c1-25(23,24)15-10-12(16(22)20-17(18)19)7-8-13(15)14(21)9-11-5-3-2-4-6-11/h2-8,10H,9H2,1H3,(H4,18,19,20,22). The maximum Gasteiger partial charge on any atom is 0.280 e. The molecule has 0 aromatic heterocycles. The maximum absolute atomic E-state index is 12.5. The molecule has 2 aromatic rings. The van der Waals surface area contributed by atoms with Gasteiger partial charge < -0.3 is 11.5 Å². The van der Waals surface area contributed by atoms with E-state index in [4.69, 9.17) is 11.5 Å². The lowest BCUT2D eigenvalue weighted by Gasteiger charge is -2.09. The van der Waals surface area contributed by atoms with Gasteiger partial charge in [-0.15, -0.1) is 0 Å². The van der Waals surface area contributed by atoms with Crippen LogP contribution in [0.15, 0.2) is 58.4 Å². The van der Waals surface area contributed by atoms with Crippen molar-refractivity contribution in [2.24, 2.45) is 16.5 Å². The summed E-state index contributed by atoms with van der Waals surface area (Å²) in [4.78, 5) is 27.5. The Hall–Kier alpha value is -3.00. The van der Waals surface area contributed by atoms with Gasteiger partial charge in [-0.2, -0.15) is 4.99 Å². The predicted octanol–water partition coefficient (Wildman–Crippen LogP) is 0.929. The van der Waals surface area contributed by atoms with E-state index in [0.717, 1.165) is 17.9 Å². The molecular weight excluding hydrogens is 342 g/mol. The molecule has 1 amide bonds. The Morgan fingerprint density at radius 2 is 1.68 bits per heavy atom. The number of nitrogens with two attached hydrogens (primary N) is 2. The molecule has 0 aliphatic rings. The van der Waals surface area contributed by atoms with Gasteiger partial charge in [0.25, 0.3) is 5.91 Å². The number of hydrogen-bond donors (Lipinski definition) is 2. The van der Waals surface area contributed by atoms with Gasteiger partial charge in [0.2, 0.25) is 0 Å². The number of carbonyl (C=O) groups excluding carboxylic acids is 2. The van der Waals surface area contributed by atoms with Crippen LogP contribution in [0.2, 0.25) is 0 Å². The number of Topliss-reactive ketones (excluding diaryl/α,β-unsaturated/α-hetero) is 1. The molecule has 0 radical (unpaired) electrons. The summed E-state index contributed by atoms with van der Waals surface area (Å²) in [6, 6.07) is 12.7. The van der Waals surface area contributed by atoms with Crippen molar-refractivity contribution in [1.29, 1.82) is 0 Å². The smallest absolute Gasteiger partial charge is 0.280 e. The highest BCUT2D eigenvalue weighted by Crippen LogP contribution is 2.21. The van der Waals surface area contributed by atoms with Crippen molar-refractivity contribution in [1.82, 2.24) is 0 Å². The average Bonchev–Trinajstić information content (AvgIpc) is 2.53. The molecule has 0 saturated heterocycles. The molecule has 0 heterocycles. The zero-order chi connectivity index (χ0) is 18.6. The predicted molar refractivity (Wildman–Crippen MR) is 94.2 cm³/mol. The first kappa shape index (κ1) is 18.3. The van der Waals surface area contributed by atoms with Crippen LogP contribution in [0.1, 0.15) is 26.3 Å². The summed E-state index contributed by atoms with van der Waals surface area (Å²) in [6.45, 7) is 0. The Bertz CT molecular complexity index is 947. The van der Waals surface area contributed by atoms with E-state index in [1.54, 1.807) is 24.3 Å². The zero-order valence-electron chi connectivity index (χ0n) is 13.5.